The summed E-state index contributed by atoms with van der Waals surface area (Å²) in [6.07, 6.45) is 26.0. The molecule has 3 heteroatoms. The van der Waals surface area contributed by atoms with Gasteiger partial charge in [0.25, 0.3) is 0 Å². The number of unbranched alkanes of at least 4 members (excludes halogenated alkanes) is 17. The Balaban J connectivity index is 1.61. The van der Waals surface area contributed by atoms with Gasteiger partial charge in [0.1, 0.15) is 0 Å². The molecule has 0 aliphatic carbocycles. The van der Waals surface area contributed by atoms with Crippen molar-refractivity contribution in [2.75, 3.05) is 13.2 Å². The van der Waals surface area contributed by atoms with Crippen LogP contribution in [0.1, 0.15) is 128 Å². The van der Waals surface area contributed by atoms with E-state index in [1.54, 1.807) is 0 Å². The van der Waals surface area contributed by atoms with Crippen molar-refractivity contribution in [2.24, 2.45) is 5.92 Å². The summed E-state index contributed by atoms with van der Waals surface area (Å²) in [5, 5.41) is 8.58. The van der Waals surface area contributed by atoms with Crippen LogP contribution < -0.4 is 0 Å². The molecular weight excluding hydrogens is 336 g/mol. The molecule has 0 aromatic heterocycles. The first kappa shape index (κ1) is 24.5. The fraction of sp³-hybridized carbons (Fsp3) is 0.958. The minimum absolute atomic E-state index is 0.344. The van der Waals surface area contributed by atoms with Crippen molar-refractivity contribution in [2.45, 2.75) is 128 Å². The van der Waals surface area contributed by atoms with Gasteiger partial charge in [-0.1, -0.05) is 109 Å². The van der Waals surface area contributed by atoms with Gasteiger partial charge in [-0.2, -0.15) is 0 Å². The zero-order valence-electron chi connectivity index (χ0n) is 17.9. The van der Waals surface area contributed by atoms with Crippen LogP contribution >= 0.6 is 0 Å². The van der Waals surface area contributed by atoms with Gasteiger partial charge in [-0.3, -0.25) is 4.79 Å². The van der Waals surface area contributed by atoms with E-state index in [0.29, 0.717) is 6.42 Å². The maximum atomic E-state index is 10.4. The molecule has 1 heterocycles. The van der Waals surface area contributed by atoms with Crippen molar-refractivity contribution in [3.05, 3.63) is 0 Å². The average molecular weight is 383 g/mol. The molecule has 1 N–H and O–H groups in total. The van der Waals surface area contributed by atoms with Gasteiger partial charge in [-0.25, -0.2) is 0 Å². The molecule has 1 aliphatic rings. The van der Waals surface area contributed by atoms with E-state index in [4.69, 9.17) is 9.84 Å². The lowest BCUT2D eigenvalue weighted by molar-refractivity contribution is -0.137. The molecule has 1 aliphatic heterocycles. The lowest BCUT2D eigenvalue weighted by atomic mass is 9.98. The summed E-state index contributed by atoms with van der Waals surface area (Å²) >= 11 is 0. The summed E-state index contributed by atoms with van der Waals surface area (Å²) in [5.74, 6) is 0.237. The first-order chi connectivity index (χ1) is 13.3. The number of carboxylic acid groups (broad SMARTS) is 1. The van der Waals surface area contributed by atoms with Crippen molar-refractivity contribution < 1.29 is 14.6 Å². The first-order valence-corrected chi connectivity index (χ1v) is 12.1. The smallest absolute Gasteiger partial charge is 0.303 e. The quantitative estimate of drug-likeness (QED) is 0.209. The average Bonchev–Trinajstić information content (AvgIpc) is 2.61. The van der Waals surface area contributed by atoms with Crippen LogP contribution in [0.3, 0.4) is 0 Å². The number of carboxylic acids is 1. The van der Waals surface area contributed by atoms with Crippen LogP contribution in [-0.4, -0.2) is 24.3 Å². The summed E-state index contributed by atoms with van der Waals surface area (Å²) in [7, 11) is 0. The minimum atomic E-state index is -0.652. The van der Waals surface area contributed by atoms with Gasteiger partial charge >= 0.3 is 5.97 Å². The normalized spacial score (nSPS) is 14.4. The largest absolute Gasteiger partial charge is 0.481 e. The maximum absolute atomic E-state index is 10.4. The molecular formula is C24H46O3. The molecule has 0 aromatic carbocycles. The van der Waals surface area contributed by atoms with Crippen LogP contribution in [0.2, 0.25) is 0 Å². The third-order valence-electron chi connectivity index (χ3n) is 5.96. The summed E-state index contributed by atoms with van der Waals surface area (Å²) in [5.41, 5.74) is 0. The first-order valence-electron chi connectivity index (χ1n) is 12.1. The highest BCUT2D eigenvalue weighted by molar-refractivity contribution is 5.66. The Morgan fingerprint density at radius 3 is 1.22 bits per heavy atom. The van der Waals surface area contributed by atoms with E-state index in [1.807, 2.05) is 0 Å². The van der Waals surface area contributed by atoms with Gasteiger partial charge in [0, 0.05) is 12.3 Å². The molecule has 3 nitrogen and oxygen atoms in total. The third kappa shape index (κ3) is 17.3. The highest BCUT2D eigenvalue weighted by Crippen LogP contribution is 2.19. The van der Waals surface area contributed by atoms with Crippen LogP contribution in [0.25, 0.3) is 0 Å². The second-order valence-corrected chi connectivity index (χ2v) is 8.70. The molecule has 0 radical (unpaired) electrons. The second kappa shape index (κ2) is 18.8. The molecule has 1 rings (SSSR count). The fourth-order valence-electron chi connectivity index (χ4n) is 3.99. The van der Waals surface area contributed by atoms with Crippen LogP contribution in [0.4, 0.5) is 0 Å². The third-order valence-corrected chi connectivity index (χ3v) is 5.96. The van der Waals surface area contributed by atoms with Gasteiger partial charge in [0.15, 0.2) is 0 Å². The van der Waals surface area contributed by atoms with E-state index in [2.05, 4.69) is 0 Å². The number of hydrogen-bond acceptors (Lipinski definition) is 2. The second-order valence-electron chi connectivity index (χ2n) is 8.70. The van der Waals surface area contributed by atoms with E-state index in [0.717, 1.165) is 32.0 Å². The zero-order chi connectivity index (χ0) is 19.4. The van der Waals surface area contributed by atoms with Gasteiger partial charge in [0.05, 0.1) is 13.2 Å². The summed E-state index contributed by atoms with van der Waals surface area (Å²) in [6.45, 7) is 2.05. The molecule has 1 saturated heterocycles. The van der Waals surface area contributed by atoms with Crippen LogP contribution in [-0.2, 0) is 9.53 Å². The van der Waals surface area contributed by atoms with Gasteiger partial charge < -0.3 is 9.84 Å². The highest BCUT2D eigenvalue weighted by atomic mass is 16.5. The predicted octanol–water partition coefficient (Wildman–Crippen LogP) is 7.52. The molecule has 0 spiro atoms. The molecule has 1 fully saturated rings. The zero-order valence-corrected chi connectivity index (χ0v) is 17.9. The van der Waals surface area contributed by atoms with Crippen molar-refractivity contribution in [3.8, 4) is 0 Å². The van der Waals surface area contributed by atoms with E-state index in [1.165, 1.54) is 109 Å². The van der Waals surface area contributed by atoms with Gasteiger partial charge in [0.2, 0.25) is 0 Å². The standard InChI is InChI=1S/C24H46O3/c25-24(26)20-18-16-14-12-10-8-6-4-2-1-3-5-7-9-11-13-15-17-19-23-21-27-22-23/h23H,1-22H2,(H,25,26). The highest BCUT2D eigenvalue weighted by Gasteiger charge is 2.16. The Labute approximate surface area is 168 Å². The predicted molar refractivity (Wildman–Crippen MR) is 114 cm³/mol. The summed E-state index contributed by atoms with van der Waals surface area (Å²) in [6, 6.07) is 0. The summed E-state index contributed by atoms with van der Waals surface area (Å²) < 4.78 is 5.22. The molecule has 0 saturated carbocycles. The summed E-state index contributed by atoms with van der Waals surface area (Å²) in [4.78, 5) is 10.4. The van der Waals surface area contributed by atoms with Gasteiger partial charge in [-0.15, -0.1) is 0 Å². The van der Waals surface area contributed by atoms with Crippen LogP contribution in [0, 0.1) is 5.92 Å². The molecule has 0 unspecified atom stereocenters. The number of aliphatic carboxylic acids is 1. The Hall–Kier alpha value is -0.570. The Bertz CT molecular complexity index is 326. The number of rotatable bonds is 21. The lowest BCUT2D eigenvalue weighted by Crippen LogP contribution is -2.27. The lowest BCUT2D eigenvalue weighted by Gasteiger charge is -2.25. The topological polar surface area (TPSA) is 46.5 Å². The molecule has 160 valence electrons. The molecule has 27 heavy (non-hydrogen) atoms. The van der Waals surface area contributed by atoms with E-state index in [-0.39, 0.29) is 0 Å². The SMILES string of the molecule is O=C(O)CCCCCCCCCCCCCCCCCCCCC1COC1. The molecule has 0 amide bonds. The van der Waals surface area contributed by atoms with Crippen molar-refractivity contribution >= 4 is 5.97 Å². The van der Waals surface area contributed by atoms with Crippen molar-refractivity contribution in [3.63, 3.8) is 0 Å². The van der Waals surface area contributed by atoms with Crippen molar-refractivity contribution in [1.82, 2.24) is 0 Å². The number of carbonyl (C=O) groups is 1. The van der Waals surface area contributed by atoms with Crippen molar-refractivity contribution in [1.29, 1.82) is 0 Å². The number of ether oxygens (including phenoxy) is 1. The van der Waals surface area contributed by atoms with E-state index >= 15 is 0 Å². The van der Waals surface area contributed by atoms with Gasteiger partial charge in [-0.05, 0) is 12.8 Å². The molecule has 0 bridgehead atoms. The molecule has 0 atom stereocenters. The Morgan fingerprint density at radius 2 is 0.926 bits per heavy atom. The monoisotopic (exact) mass is 382 g/mol. The van der Waals surface area contributed by atoms with E-state index < -0.39 is 5.97 Å². The number of hydrogen-bond donors (Lipinski definition) is 1. The Kier molecular flexibility index (Phi) is 17.0. The fourth-order valence-corrected chi connectivity index (χ4v) is 3.99. The van der Waals surface area contributed by atoms with E-state index in [9.17, 15) is 4.79 Å². The Morgan fingerprint density at radius 1 is 0.593 bits per heavy atom. The molecule has 0 aromatic rings. The maximum Gasteiger partial charge on any atom is 0.303 e. The van der Waals surface area contributed by atoms with Crippen LogP contribution in [0.5, 0.6) is 0 Å². The minimum Gasteiger partial charge on any atom is -0.481 e. The van der Waals surface area contributed by atoms with Crippen LogP contribution in [0.15, 0.2) is 0 Å².